The van der Waals surface area contributed by atoms with E-state index in [1.54, 1.807) is 11.0 Å². The number of hydrogen-bond acceptors (Lipinski definition) is 4. The fourth-order valence-electron chi connectivity index (χ4n) is 2.28. The van der Waals surface area contributed by atoms with Gasteiger partial charge in [0.15, 0.2) is 0 Å². The molecule has 4 nitrogen and oxygen atoms in total. The van der Waals surface area contributed by atoms with E-state index in [0.717, 1.165) is 4.88 Å². The minimum Gasteiger partial charge on any atom is -0.444 e. The highest BCUT2D eigenvalue weighted by Gasteiger charge is 2.33. The number of ketones is 1. The van der Waals surface area contributed by atoms with Gasteiger partial charge in [0.25, 0.3) is 0 Å². The highest BCUT2D eigenvalue weighted by Crippen LogP contribution is 2.25. The van der Waals surface area contributed by atoms with E-state index in [2.05, 4.69) is 0 Å². The maximum Gasteiger partial charge on any atom is 0.410 e. The van der Waals surface area contributed by atoms with Crippen LogP contribution < -0.4 is 0 Å². The number of Topliss-reactive ketones (excluding diaryl/α,β-unsaturated/α-hetero) is 1. The van der Waals surface area contributed by atoms with Crippen LogP contribution >= 0.6 is 22.9 Å². The largest absolute Gasteiger partial charge is 0.444 e. The molecule has 1 aromatic rings. The van der Waals surface area contributed by atoms with E-state index in [1.165, 1.54) is 11.3 Å². The normalized spacial score (nSPS) is 18.9. The first-order valence-corrected chi connectivity index (χ1v) is 8.19. The van der Waals surface area contributed by atoms with Crippen molar-refractivity contribution in [2.45, 2.75) is 39.2 Å². The third-order valence-electron chi connectivity index (χ3n) is 3.27. The number of thiophene rings is 1. The summed E-state index contributed by atoms with van der Waals surface area (Å²) in [5, 5.41) is 0. The van der Waals surface area contributed by atoms with E-state index < -0.39 is 5.60 Å². The molecule has 2 rings (SSSR count). The van der Waals surface area contributed by atoms with Gasteiger partial charge in [-0.2, -0.15) is 0 Å². The molecule has 0 radical (unpaired) electrons. The predicted molar refractivity (Wildman–Crippen MR) is 84.0 cm³/mol. The first kappa shape index (κ1) is 16.3. The Morgan fingerprint density at radius 1 is 1.43 bits per heavy atom. The van der Waals surface area contributed by atoms with E-state index in [1.807, 2.05) is 26.8 Å². The third-order valence-corrected chi connectivity index (χ3v) is 4.50. The van der Waals surface area contributed by atoms with E-state index in [9.17, 15) is 9.59 Å². The lowest BCUT2D eigenvalue weighted by Gasteiger charge is -2.24. The fourth-order valence-corrected chi connectivity index (χ4v) is 3.38. The molecule has 0 aromatic carbocycles. The molecule has 1 fully saturated rings. The second-order valence-electron chi connectivity index (χ2n) is 6.26. The maximum absolute atomic E-state index is 12.3. The van der Waals surface area contributed by atoms with Gasteiger partial charge in [0, 0.05) is 30.3 Å². The number of carbonyl (C=O) groups is 2. The lowest BCUT2D eigenvalue weighted by atomic mass is 10.0. The number of likely N-dealkylation sites (tertiary alicyclic amines) is 1. The molecule has 0 N–H and O–H groups in total. The van der Waals surface area contributed by atoms with Crippen LogP contribution in [0.25, 0.3) is 0 Å². The fraction of sp³-hybridized carbons (Fsp3) is 0.600. The molecule has 0 saturated carbocycles. The third kappa shape index (κ3) is 4.71. The Hall–Kier alpha value is -1.07. The lowest BCUT2D eigenvalue weighted by Crippen LogP contribution is -2.36. The first-order valence-electron chi connectivity index (χ1n) is 6.99. The van der Waals surface area contributed by atoms with Crippen molar-refractivity contribution in [3.8, 4) is 0 Å². The summed E-state index contributed by atoms with van der Waals surface area (Å²) in [6.45, 7) is 6.54. The summed E-state index contributed by atoms with van der Waals surface area (Å²) < 4.78 is 6.03. The van der Waals surface area contributed by atoms with Crippen LogP contribution in [-0.4, -0.2) is 35.5 Å². The topological polar surface area (TPSA) is 46.6 Å². The smallest absolute Gasteiger partial charge is 0.410 e. The SMILES string of the molecule is CC(C)(C)OC(=O)N1CCC(C(=O)Cc2ccc(Cl)s2)C1. The number of hydrogen-bond donors (Lipinski definition) is 0. The van der Waals surface area contributed by atoms with Gasteiger partial charge in [0.2, 0.25) is 0 Å². The second-order valence-corrected chi connectivity index (χ2v) is 8.06. The zero-order valence-corrected chi connectivity index (χ0v) is 14.1. The van der Waals surface area contributed by atoms with Crippen LogP contribution in [0.5, 0.6) is 0 Å². The van der Waals surface area contributed by atoms with E-state index in [4.69, 9.17) is 16.3 Å². The molecular weight excluding hydrogens is 310 g/mol. The van der Waals surface area contributed by atoms with Crippen LogP contribution in [0.4, 0.5) is 4.79 Å². The van der Waals surface area contributed by atoms with Crippen molar-refractivity contribution < 1.29 is 14.3 Å². The molecule has 1 atom stereocenters. The summed E-state index contributed by atoms with van der Waals surface area (Å²) in [6, 6.07) is 3.68. The summed E-state index contributed by atoms with van der Waals surface area (Å²) in [7, 11) is 0. The molecular formula is C15H20ClNO3S. The van der Waals surface area contributed by atoms with Crippen LogP contribution in [0.1, 0.15) is 32.1 Å². The first-order chi connectivity index (χ1) is 9.74. The molecule has 1 unspecified atom stereocenters. The van der Waals surface area contributed by atoms with Crippen molar-refractivity contribution in [3.63, 3.8) is 0 Å². The van der Waals surface area contributed by atoms with Crippen LogP contribution in [-0.2, 0) is 16.0 Å². The molecule has 0 spiro atoms. The van der Waals surface area contributed by atoms with Gasteiger partial charge in [-0.3, -0.25) is 4.79 Å². The molecule has 21 heavy (non-hydrogen) atoms. The van der Waals surface area contributed by atoms with Gasteiger partial charge in [-0.1, -0.05) is 11.6 Å². The van der Waals surface area contributed by atoms with Gasteiger partial charge in [0.1, 0.15) is 11.4 Å². The Morgan fingerprint density at radius 2 is 2.14 bits per heavy atom. The van der Waals surface area contributed by atoms with Gasteiger partial charge < -0.3 is 9.64 Å². The van der Waals surface area contributed by atoms with Crippen LogP contribution in [0.15, 0.2) is 12.1 Å². The predicted octanol–water partition coefficient (Wildman–Crippen LogP) is 3.77. The minimum absolute atomic E-state index is 0.0987. The zero-order valence-electron chi connectivity index (χ0n) is 12.5. The highest BCUT2D eigenvalue weighted by molar-refractivity contribution is 7.16. The quantitative estimate of drug-likeness (QED) is 0.848. The van der Waals surface area contributed by atoms with E-state index in [-0.39, 0.29) is 17.8 Å². The second kappa shape index (κ2) is 6.36. The summed E-state index contributed by atoms with van der Waals surface area (Å²) in [4.78, 5) is 26.8. The van der Waals surface area contributed by atoms with Gasteiger partial charge in [0.05, 0.1) is 4.34 Å². The molecule has 1 saturated heterocycles. The number of rotatable bonds is 3. The highest BCUT2D eigenvalue weighted by atomic mass is 35.5. The number of ether oxygens (including phenoxy) is 1. The average Bonchev–Trinajstić information content (AvgIpc) is 2.96. The number of nitrogens with zero attached hydrogens (tertiary/aromatic N) is 1. The van der Waals surface area contributed by atoms with Crippen molar-refractivity contribution in [2.24, 2.45) is 5.92 Å². The Kier molecular flexibility index (Phi) is 4.94. The van der Waals surface area contributed by atoms with Crippen molar-refractivity contribution in [2.75, 3.05) is 13.1 Å². The van der Waals surface area contributed by atoms with Crippen LogP contribution in [0, 0.1) is 5.92 Å². The lowest BCUT2D eigenvalue weighted by molar-refractivity contribution is -0.121. The molecule has 2 heterocycles. The molecule has 1 aliphatic heterocycles. The van der Waals surface area contributed by atoms with Crippen molar-refractivity contribution in [3.05, 3.63) is 21.3 Å². The molecule has 0 aliphatic carbocycles. The van der Waals surface area contributed by atoms with Crippen molar-refractivity contribution in [1.29, 1.82) is 0 Å². The summed E-state index contributed by atoms with van der Waals surface area (Å²) >= 11 is 7.30. The molecule has 1 aliphatic rings. The number of carbonyl (C=O) groups excluding carboxylic acids is 2. The average molecular weight is 330 g/mol. The molecule has 1 aromatic heterocycles. The van der Waals surface area contributed by atoms with Crippen LogP contribution in [0.2, 0.25) is 4.34 Å². The van der Waals surface area contributed by atoms with Crippen molar-refractivity contribution in [1.82, 2.24) is 4.90 Å². The molecule has 1 amide bonds. The monoisotopic (exact) mass is 329 g/mol. The minimum atomic E-state index is -0.507. The zero-order chi connectivity index (χ0) is 15.6. The summed E-state index contributed by atoms with van der Waals surface area (Å²) in [5.74, 6) is 0.0676. The Bertz CT molecular complexity index is 535. The van der Waals surface area contributed by atoms with Crippen molar-refractivity contribution >= 4 is 34.8 Å². The molecule has 6 heteroatoms. The number of amides is 1. The van der Waals surface area contributed by atoms with E-state index in [0.29, 0.717) is 30.3 Å². The summed E-state index contributed by atoms with van der Waals surface area (Å²) in [5.41, 5.74) is -0.507. The van der Waals surface area contributed by atoms with Gasteiger partial charge >= 0.3 is 6.09 Å². The Labute approximate surface area is 134 Å². The Balaban J connectivity index is 1.87. The van der Waals surface area contributed by atoms with Gasteiger partial charge in [-0.15, -0.1) is 11.3 Å². The molecule has 0 bridgehead atoms. The number of halogens is 1. The van der Waals surface area contributed by atoms with E-state index >= 15 is 0 Å². The van der Waals surface area contributed by atoms with Crippen LogP contribution in [0.3, 0.4) is 0 Å². The Morgan fingerprint density at radius 3 is 2.71 bits per heavy atom. The maximum atomic E-state index is 12.3. The van der Waals surface area contributed by atoms with Gasteiger partial charge in [-0.25, -0.2) is 4.79 Å². The molecule has 116 valence electrons. The standard InChI is InChI=1S/C15H20ClNO3S/c1-15(2,3)20-14(19)17-7-6-10(9-17)12(18)8-11-4-5-13(16)21-11/h4-5,10H,6-9H2,1-3H3. The van der Waals surface area contributed by atoms with Gasteiger partial charge in [-0.05, 0) is 39.3 Å². The summed E-state index contributed by atoms with van der Waals surface area (Å²) in [6.07, 6.45) is 0.762.